The highest BCUT2D eigenvalue weighted by Crippen LogP contribution is 2.23. The number of benzene rings is 1. The fourth-order valence-electron chi connectivity index (χ4n) is 2.71. The third-order valence-electron chi connectivity index (χ3n) is 4.02. The maximum atomic E-state index is 12.1. The fourth-order valence-corrected chi connectivity index (χ4v) is 2.71. The second kappa shape index (κ2) is 7.29. The Kier molecular flexibility index (Phi) is 5.41. The van der Waals surface area contributed by atoms with Gasteiger partial charge in [-0.2, -0.15) is 0 Å². The summed E-state index contributed by atoms with van der Waals surface area (Å²) >= 11 is 0. The fraction of sp³-hybridized carbons (Fsp3) is 0.562. The van der Waals surface area contributed by atoms with Crippen LogP contribution in [0.4, 0.5) is 5.69 Å². The average molecular weight is 276 g/mol. The molecule has 2 rings (SSSR count). The Morgan fingerprint density at radius 1 is 1.45 bits per heavy atom. The van der Waals surface area contributed by atoms with Gasteiger partial charge in [0.2, 0.25) is 5.91 Å². The van der Waals surface area contributed by atoms with Crippen LogP contribution in [0.2, 0.25) is 0 Å². The summed E-state index contributed by atoms with van der Waals surface area (Å²) in [6, 6.07) is 7.43. The quantitative estimate of drug-likeness (QED) is 0.869. The predicted octanol–water partition coefficient (Wildman–Crippen LogP) is 2.66. The van der Waals surface area contributed by atoms with Gasteiger partial charge in [-0.3, -0.25) is 4.79 Å². The molecule has 4 heteroatoms. The third kappa shape index (κ3) is 4.23. The number of piperidine rings is 1. The lowest BCUT2D eigenvalue weighted by Crippen LogP contribution is -2.34. The molecule has 110 valence electrons. The first-order chi connectivity index (χ1) is 9.69. The van der Waals surface area contributed by atoms with Crippen molar-refractivity contribution < 1.29 is 9.53 Å². The van der Waals surface area contributed by atoms with Crippen LogP contribution in [-0.2, 0) is 4.79 Å². The van der Waals surface area contributed by atoms with E-state index in [1.165, 1.54) is 12.8 Å². The van der Waals surface area contributed by atoms with Gasteiger partial charge in [0.05, 0.1) is 7.11 Å². The Bertz CT molecular complexity index is 425. The number of nitrogens with one attached hydrogen (secondary N) is 2. The van der Waals surface area contributed by atoms with E-state index >= 15 is 0 Å². The number of amides is 1. The minimum Gasteiger partial charge on any atom is -0.497 e. The molecule has 1 aliphatic rings. The number of methoxy groups -OCH3 is 1. The minimum atomic E-state index is 0.0910. The average Bonchev–Trinajstić information content (AvgIpc) is 2.49. The molecular weight excluding hydrogens is 252 g/mol. The number of hydrogen-bond donors (Lipinski definition) is 2. The van der Waals surface area contributed by atoms with E-state index in [0.29, 0.717) is 18.3 Å². The van der Waals surface area contributed by atoms with E-state index in [4.69, 9.17) is 4.74 Å². The molecule has 0 aromatic heterocycles. The van der Waals surface area contributed by atoms with Gasteiger partial charge in [-0.1, -0.05) is 6.92 Å². The first-order valence-electron chi connectivity index (χ1n) is 7.33. The maximum Gasteiger partial charge on any atom is 0.224 e. The highest BCUT2D eigenvalue weighted by molar-refractivity contribution is 5.90. The van der Waals surface area contributed by atoms with Crippen molar-refractivity contribution >= 4 is 11.6 Å². The van der Waals surface area contributed by atoms with Crippen LogP contribution in [0.5, 0.6) is 5.75 Å². The summed E-state index contributed by atoms with van der Waals surface area (Å²) in [5, 5.41) is 6.35. The van der Waals surface area contributed by atoms with Crippen molar-refractivity contribution in [3.8, 4) is 5.75 Å². The molecule has 1 heterocycles. The van der Waals surface area contributed by atoms with Crippen molar-refractivity contribution in [1.82, 2.24) is 5.32 Å². The summed E-state index contributed by atoms with van der Waals surface area (Å²) < 4.78 is 5.10. The molecule has 2 atom stereocenters. The first-order valence-corrected chi connectivity index (χ1v) is 7.33. The molecule has 1 amide bonds. The lowest BCUT2D eigenvalue weighted by molar-refractivity contribution is -0.117. The molecule has 1 aromatic rings. The first kappa shape index (κ1) is 14.9. The molecule has 1 fully saturated rings. The zero-order valence-corrected chi connectivity index (χ0v) is 12.3. The summed E-state index contributed by atoms with van der Waals surface area (Å²) in [4.78, 5) is 12.1. The molecule has 4 nitrogen and oxygen atoms in total. The van der Waals surface area contributed by atoms with Crippen LogP contribution in [0.25, 0.3) is 0 Å². The SMILES string of the molecule is COc1ccc(NC(=O)CC(C)C2CCCNC2)cc1. The molecule has 2 unspecified atom stereocenters. The van der Waals surface area contributed by atoms with Crippen LogP contribution < -0.4 is 15.4 Å². The highest BCUT2D eigenvalue weighted by Gasteiger charge is 2.21. The smallest absolute Gasteiger partial charge is 0.224 e. The van der Waals surface area contributed by atoms with Crippen LogP contribution >= 0.6 is 0 Å². The zero-order valence-electron chi connectivity index (χ0n) is 12.3. The number of anilines is 1. The normalized spacial score (nSPS) is 20.2. The van der Waals surface area contributed by atoms with E-state index in [1.54, 1.807) is 7.11 Å². The number of rotatable bonds is 5. The molecule has 1 aliphatic heterocycles. The van der Waals surface area contributed by atoms with Crippen molar-refractivity contribution in [2.45, 2.75) is 26.2 Å². The second-order valence-corrected chi connectivity index (χ2v) is 5.56. The van der Waals surface area contributed by atoms with Gasteiger partial charge in [0.15, 0.2) is 0 Å². The van der Waals surface area contributed by atoms with E-state index in [-0.39, 0.29) is 5.91 Å². The summed E-state index contributed by atoms with van der Waals surface area (Å²) in [7, 11) is 1.63. The predicted molar refractivity (Wildman–Crippen MR) is 81.0 cm³/mol. The molecule has 20 heavy (non-hydrogen) atoms. The number of ether oxygens (including phenoxy) is 1. The van der Waals surface area contributed by atoms with Crippen LogP contribution in [-0.4, -0.2) is 26.1 Å². The second-order valence-electron chi connectivity index (χ2n) is 5.56. The van der Waals surface area contributed by atoms with Gasteiger partial charge < -0.3 is 15.4 Å². The van der Waals surface area contributed by atoms with Crippen molar-refractivity contribution in [1.29, 1.82) is 0 Å². The van der Waals surface area contributed by atoms with E-state index in [1.807, 2.05) is 24.3 Å². The van der Waals surface area contributed by atoms with E-state index < -0.39 is 0 Å². The number of carbonyl (C=O) groups is 1. The Morgan fingerprint density at radius 3 is 2.80 bits per heavy atom. The monoisotopic (exact) mass is 276 g/mol. The van der Waals surface area contributed by atoms with E-state index in [2.05, 4.69) is 17.6 Å². The Labute approximate surface area is 120 Å². The number of hydrogen-bond acceptors (Lipinski definition) is 3. The summed E-state index contributed by atoms with van der Waals surface area (Å²) in [6.45, 7) is 4.32. The van der Waals surface area contributed by atoms with Gasteiger partial charge in [-0.15, -0.1) is 0 Å². The maximum absolute atomic E-state index is 12.1. The van der Waals surface area contributed by atoms with Crippen molar-refractivity contribution in [2.75, 3.05) is 25.5 Å². The van der Waals surface area contributed by atoms with E-state index in [9.17, 15) is 4.79 Å². The van der Waals surface area contributed by atoms with Crippen LogP contribution in [0.1, 0.15) is 26.2 Å². The lowest BCUT2D eigenvalue weighted by atomic mass is 9.85. The Hall–Kier alpha value is -1.55. The Morgan fingerprint density at radius 2 is 2.20 bits per heavy atom. The van der Waals surface area contributed by atoms with Crippen molar-refractivity contribution in [2.24, 2.45) is 11.8 Å². The topological polar surface area (TPSA) is 50.4 Å². The molecule has 1 saturated heterocycles. The van der Waals surface area contributed by atoms with Gasteiger partial charge in [0.1, 0.15) is 5.75 Å². The number of carbonyl (C=O) groups excluding carboxylic acids is 1. The largest absolute Gasteiger partial charge is 0.497 e. The molecule has 0 radical (unpaired) electrons. The Balaban J connectivity index is 1.81. The van der Waals surface area contributed by atoms with Gasteiger partial charge in [-0.05, 0) is 62.0 Å². The molecule has 1 aromatic carbocycles. The van der Waals surface area contributed by atoms with Crippen molar-refractivity contribution in [3.63, 3.8) is 0 Å². The summed E-state index contributed by atoms with van der Waals surface area (Å²) in [6.07, 6.45) is 3.03. The molecule has 0 spiro atoms. The minimum absolute atomic E-state index is 0.0910. The molecule has 0 saturated carbocycles. The molecule has 0 bridgehead atoms. The van der Waals surface area contributed by atoms with Crippen molar-refractivity contribution in [3.05, 3.63) is 24.3 Å². The molecule has 0 aliphatic carbocycles. The lowest BCUT2D eigenvalue weighted by Gasteiger charge is -2.28. The highest BCUT2D eigenvalue weighted by atomic mass is 16.5. The van der Waals surface area contributed by atoms with Crippen LogP contribution in [0.15, 0.2) is 24.3 Å². The third-order valence-corrected chi connectivity index (χ3v) is 4.02. The van der Waals surface area contributed by atoms with Gasteiger partial charge >= 0.3 is 0 Å². The van der Waals surface area contributed by atoms with Gasteiger partial charge in [-0.25, -0.2) is 0 Å². The van der Waals surface area contributed by atoms with Gasteiger partial charge in [0, 0.05) is 12.1 Å². The molecule has 2 N–H and O–H groups in total. The van der Waals surface area contributed by atoms with Crippen LogP contribution in [0, 0.1) is 11.8 Å². The standard InChI is InChI=1S/C16H24N2O2/c1-12(13-4-3-9-17-11-13)10-16(19)18-14-5-7-15(20-2)8-6-14/h5-8,12-13,17H,3-4,9-11H2,1-2H3,(H,18,19). The summed E-state index contributed by atoms with van der Waals surface area (Å²) in [5.74, 6) is 1.92. The van der Waals surface area contributed by atoms with E-state index in [0.717, 1.165) is 24.5 Å². The van der Waals surface area contributed by atoms with Crippen LogP contribution in [0.3, 0.4) is 0 Å². The molecular formula is C16H24N2O2. The summed E-state index contributed by atoms with van der Waals surface area (Å²) in [5.41, 5.74) is 0.824. The zero-order chi connectivity index (χ0) is 14.4. The van der Waals surface area contributed by atoms with Gasteiger partial charge in [0.25, 0.3) is 0 Å².